The molecule has 1 heterocycles. The average Bonchev–Trinajstić information content (AvgIpc) is 2.90. The van der Waals surface area contributed by atoms with E-state index in [-0.39, 0.29) is 11.8 Å². The Labute approximate surface area is 130 Å². The van der Waals surface area contributed by atoms with Crippen LogP contribution in [0.4, 0.5) is 0 Å². The van der Waals surface area contributed by atoms with Crippen LogP contribution < -0.4 is 4.72 Å². The van der Waals surface area contributed by atoms with Crippen LogP contribution in [-0.2, 0) is 25.3 Å². The molecule has 1 N–H and O–H groups in total. The van der Waals surface area contributed by atoms with Gasteiger partial charge in [0.2, 0.25) is 10.0 Å². The van der Waals surface area contributed by atoms with Crippen molar-refractivity contribution in [2.75, 3.05) is 0 Å². The third-order valence-electron chi connectivity index (χ3n) is 3.74. The molecule has 0 aromatic carbocycles. The zero-order chi connectivity index (χ0) is 16.2. The van der Waals surface area contributed by atoms with Crippen molar-refractivity contribution in [2.24, 2.45) is 5.92 Å². The van der Waals surface area contributed by atoms with E-state index in [9.17, 15) is 13.2 Å². The lowest BCUT2D eigenvalue weighted by Crippen LogP contribution is -2.41. The summed E-state index contributed by atoms with van der Waals surface area (Å²) in [4.78, 5) is 12.0. The van der Waals surface area contributed by atoms with Crippen LogP contribution in [0.15, 0.2) is 16.9 Å². The van der Waals surface area contributed by atoms with Gasteiger partial charge in [-0.25, -0.2) is 8.42 Å². The van der Waals surface area contributed by atoms with Crippen molar-refractivity contribution in [1.29, 1.82) is 0 Å². The van der Waals surface area contributed by atoms with E-state index >= 15 is 0 Å². The number of nitrogens with one attached hydrogen (secondary N) is 1. The van der Waals surface area contributed by atoms with Crippen LogP contribution in [0.1, 0.15) is 45.2 Å². The van der Waals surface area contributed by atoms with E-state index in [0.717, 1.165) is 19.3 Å². The van der Waals surface area contributed by atoms with Crippen molar-refractivity contribution in [3.05, 3.63) is 18.0 Å². The third-order valence-corrected chi connectivity index (χ3v) is 4.93. The fourth-order valence-electron chi connectivity index (χ4n) is 2.63. The number of carbonyl (C=O) groups is 1. The smallest absolute Gasteiger partial charge is 0.262 e. The van der Waals surface area contributed by atoms with Crippen LogP contribution in [0, 0.1) is 5.92 Å². The SMILES string of the molecule is C[C@@H]1CCC[C@H](O[C@H](C)C(=O)NS(=O)(=O)Cc2ccon2)C1. The number of sulfonamides is 1. The molecule has 3 atom stereocenters. The van der Waals surface area contributed by atoms with Crippen LogP contribution in [0.25, 0.3) is 0 Å². The Hall–Kier alpha value is -1.41. The zero-order valence-corrected chi connectivity index (χ0v) is 13.6. The Morgan fingerprint density at radius 1 is 1.55 bits per heavy atom. The van der Waals surface area contributed by atoms with Crippen LogP contribution in [0.3, 0.4) is 0 Å². The number of aromatic nitrogens is 1. The number of carbonyl (C=O) groups excluding carboxylic acids is 1. The van der Waals surface area contributed by atoms with Crippen molar-refractivity contribution in [2.45, 2.75) is 57.5 Å². The molecule has 1 aromatic heterocycles. The minimum Gasteiger partial charge on any atom is -0.365 e. The molecule has 1 aliphatic carbocycles. The van der Waals surface area contributed by atoms with Gasteiger partial charge < -0.3 is 9.26 Å². The van der Waals surface area contributed by atoms with Gasteiger partial charge in [0.1, 0.15) is 23.8 Å². The predicted octanol–water partition coefficient (Wildman–Crippen LogP) is 1.60. The van der Waals surface area contributed by atoms with E-state index < -0.39 is 27.8 Å². The fraction of sp³-hybridized carbons (Fsp3) is 0.714. The monoisotopic (exact) mass is 330 g/mol. The van der Waals surface area contributed by atoms with Gasteiger partial charge in [-0.15, -0.1) is 0 Å². The van der Waals surface area contributed by atoms with Crippen molar-refractivity contribution < 1.29 is 22.5 Å². The Kier molecular flexibility index (Phi) is 5.57. The molecular formula is C14H22N2O5S. The minimum atomic E-state index is -3.80. The van der Waals surface area contributed by atoms with E-state index in [2.05, 4.69) is 16.6 Å². The van der Waals surface area contributed by atoms with Crippen molar-refractivity contribution in [1.82, 2.24) is 9.88 Å². The molecule has 1 saturated carbocycles. The maximum absolute atomic E-state index is 12.0. The lowest BCUT2D eigenvalue weighted by Gasteiger charge is -2.28. The standard InChI is InChI=1S/C14H22N2O5S/c1-10-4-3-5-13(8-10)21-11(2)14(17)16-22(18,19)9-12-6-7-20-15-12/h6-7,10-11,13H,3-5,8-9H2,1-2H3,(H,16,17)/t10-,11-,13+/m1/s1. The number of hydrogen-bond donors (Lipinski definition) is 1. The van der Waals surface area contributed by atoms with Crippen LogP contribution in [-0.4, -0.2) is 31.7 Å². The molecule has 8 heteroatoms. The molecule has 7 nitrogen and oxygen atoms in total. The van der Waals surface area contributed by atoms with Gasteiger partial charge in [0.25, 0.3) is 5.91 Å². The van der Waals surface area contributed by atoms with Gasteiger partial charge in [0.05, 0.1) is 6.10 Å². The van der Waals surface area contributed by atoms with E-state index in [4.69, 9.17) is 4.74 Å². The van der Waals surface area contributed by atoms with E-state index in [1.165, 1.54) is 18.8 Å². The molecule has 0 spiro atoms. The summed E-state index contributed by atoms with van der Waals surface area (Å²) in [6, 6.07) is 1.44. The highest BCUT2D eigenvalue weighted by molar-refractivity contribution is 7.89. The maximum atomic E-state index is 12.0. The maximum Gasteiger partial charge on any atom is 0.262 e. The van der Waals surface area contributed by atoms with Gasteiger partial charge in [0.15, 0.2) is 0 Å². The number of rotatable bonds is 6. The Balaban J connectivity index is 1.85. The molecule has 124 valence electrons. The highest BCUT2D eigenvalue weighted by Gasteiger charge is 2.26. The molecule has 0 bridgehead atoms. The van der Waals surface area contributed by atoms with E-state index in [1.54, 1.807) is 6.92 Å². The average molecular weight is 330 g/mol. The molecule has 22 heavy (non-hydrogen) atoms. The van der Waals surface area contributed by atoms with E-state index in [0.29, 0.717) is 5.92 Å². The number of nitrogens with zero attached hydrogens (tertiary/aromatic N) is 1. The normalized spacial score (nSPS) is 23.9. The first-order chi connectivity index (χ1) is 10.4. The first-order valence-electron chi connectivity index (χ1n) is 7.45. The zero-order valence-electron chi connectivity index (χ0n) is 12.8. The molecule has 2 rings (SSSR count). The van der Waals surface area contributed by atoms with Crippen molar-refractivity contribution in [3.63, 3.8) is 0 Å². The molecule has 0 saturated heterocycles. The lowest BCUT2D eigenvalue weighted by atomic mass is 9.88. The molecule has 0 unspecified atom stereocenters. The first-order valence-corrected chi connectivity index (χ1v) is 9.10. The number of hydrogen-bond acceptors (Lipinski definition) is 6. The second-order valence-corrected chi connectivity index (χ2v) is 7.61. The second kappa shape index (κ2) is 7.23. The predicted molar refractivity (Wildman–Crippen MR) is 79.2 cm³/mol. The Bertz CT molecular complexity index is 584. The Morgan fingerprint density at radius 3 is 2.95 bits per heavy atom. The quantitative estimate of drug-likeness (QED) is 0.851. The van der Waals surface area contributed by atoms with Crippen LogP contribution >= 0.6 is 0 Å². The largest absolute Gasteiger partial charge is 0.365 e. The van der Waals surface area contributed by atoms with Gasteiger partial charge in [-0.3, -0.25) is 9.52 Å². The molecule has 0 radical (unpaired) electrons. The lowest BCUT2D eigenvalue weighted by molar-refractivity contribution is -0.135. The molecular weight excluding hydrogens is 308 g/mol. The van der Waals surface area contributed by atoms with E-state index in [1.807, 2.05) is 4.72 Å². The van der Waals surface area contributed by atoms with Crippen LogP contribution in [0.5, 0.6) is 0 Å². The topological polar surface area (TPSA) is 98.5 Å². The van der Waals surface area contributed by atoms with Gasteiger partial charge in [-0.05, 0) is 25.7 Å². The summed E-state index contributed by atoms with van der Waals surface area (Å²) in [5.74, 6) is -0.478. The van der Waals surface area contributed by atoms with Crippen molar-refractivity contribution >= 4 is 15.9 Å². The highest BCUT2D eigenvalue weighted by atomic mass is 32.2. The van der Waals surface area contributed by atoms with Gasteiger partial charge in [-0.1, -0.05) is 24.9 Å². The minimum absolute atomic E-state index is 0.0164. The molecule has 1 amide bonds. The summed E-state index contributed by atoms with van der Waals surface area (Å²) in [6.45, 7) is 3.73. The third kappa shape index (κ3) is 5.10. The Morgan fingerprint density at radius 2 is 2.32 bits per heavy atom. The van der Waals surface area contributed by atoms with Gasteiger partial charge in [0, 0.05) is 6.07 Å². The summed E-state index contributed by atoms with van der Waals surface area (Å²) >= 11 is 0. The van der Waals surface area contributed by atoms with Crippen molar-refractivity contribution in [3.8, 4) is 0 Å². The summed E-state index contributed by atoms with van der Waals surface area (Å²) < 4.78 is 36.1. The van der Waals surface area contributed by atoms with Gasteiger partial charge in [-0.2, -0.15) is 0 Å². The number of amides is 1. The fourth-order valence-corrected chi connectivity index (χ4v) is 3.71. The number of ether oxygens (including phenoxy) is 1. The molecule has 1 fully saturated rings. The second-order valence-electron chi connectivity index (χ2n) is 5.89. The summed E-state index contributed by atoms with van der Waals surface area (Å²) in [6.07, 6.45) is 4.56. The molecule has 0 aliphatic heterocycles. The summed E-state index contributed by atoms with van der Waals surface area (Å²) in [5, 5.41) is 3.52. The summed E-state index contributed by atoms with van der Waals surface area (Å²) in [5.41, 5.74) is 0.245. The molecule has 1 aromatic rings. The first kappa shape index (κ1) is 17.0. The highest BCUT2D eigenvalue weighted by Crippen LogP contribution is 2.26. The molecule has 1 aliphatic rings. The van der Waals surface area contributed by atoms with Gasteiger partial charge >= 0.3 is 0 Å². The van der Waals surface area contributed by atoms with Crippen LogP contribution in [0.2, 0.25) is 0 Å². The summed E-state index contributed by atoms with van der Waals surface area (Å²) in [7, 11) is -3.80.